The molecule has 0 aliphatic rings. The highest BCUT2D eigenvalue weighted by atomic mass is 35.5. The zero-order valence-electron chi connectivity index (χ0n) is 9.18. The largest absolute Gasteiger partial charge is 0.326 e. The van der Waals surface area contributed by atoms with E-state index < -0.39 is 0 Å². The average molecular weight is 305 g/mol. The number of hydrogen-bond acceptors (Lipinski definition) is 1. The lowest BCUT2D eigenvalue weighted by Gasteiger charge is -2.12. The molecular weight excluding hydrogens is 296 g/mol. The van der Waals surface area contributed by atoms with Crippen LogP contribution in [0.4, 0.5) is 4.39 Å². The normalized spacial score (nSPS) is 10.7. The lowest BCUT2D eigenvalue weighted by molar-refractivity contribution is 0.627. The van der Waals surface area contributed by atoms with Gasteiger partial charge in [-0.3, -0.25) is 0 Å². The van der Waals surface area contributed by atoms with Crippen molar-refractivity contribution >= 4 is 34.8 Å². The van der Waals surface area contributed by atoms with Crippen LogP contribution in [0, 0.1) is 5.82 Å². The van der Waals surface area contributed by atoms with E-state index in [-0.39, 0.29) is 12.4 Å². The van der Waals surface area contributed by atoms with Crippen molar-refractivity contribution in [3.05, 3.63) is 56.8 Å². The first kappa shape index (κ1) is 13.6. The van der Waals surface area contributed by atoms with Crippen LogP contribution in [0.2, 0.25) is 15.1 Å². The molecule has 5 heteroatoms. The summed E-state index contributed by atoms with van der Waals surface area (Å²) in [6.45, 7) is 0.269. The van der Waals surface area contributed by atoms with Gasteiger partial charge in [-0.1, -0.05) is 40.9 Å². The first-order chi connectivity index (χ1) is 8.52. The van der Waals surface area contributed by atoms with Crippen molar-refractivity contribution in [2.45, 2.75) is 6.54 Å². The van der Waals surface area contributed by atoms with Crippen LogP contribution in [-0.2, 0) is 6.54 Å². The molecule has 0 aliphatic heterocycles. The van der Waals surface area contributed by atoms with E-state index in [1.807, 2.05) is 0 Å². The summed E-state index contributed by atoms with van der Waals surface area (Å²) >= 11 is 18.1. The van der Waals surface area contributed by atoms with Gasteiger partial charge in [0.1, 0.15) is 5.82 Å². The Kier molecular flexibility index (Phi) is 4.13. The molecule has 18 heavy (non-hydrogen) atoms. The van der Waals surface area contributed by atoms with Crippen LogP contribution < -0.4 is 5.73 Å². The van der Waals surface area contributed by atoms with Crippen molar-refractivity contribution in [3.63, 3.8) is 0 Å². The van der Waals surface area contributed by atoms with Gasteiger partial charge in [0, 0.05) is 17.1 Å². The summed E-state index contributed by atoms with van der Waals surface area (Å²) in [4.78, 5) is 0. The van der Waals surface area contributed by atoms with Gasteiger partial charge in [0.05, 0.1) is 10.0 Å². The van der Waals surface area contributed by atoms with E-state index in [2.05, 4.69) is 0 Å². The molecule has 0 fully saturated rings. The summed E-state index contributed by atoms with van der Waals surface area (Å²) in [6.07, 6.45) is 0. The topological polar surface area (TPSA) is 26.0 Å². The quantitative estimate of drug-likeness (QED) is 0.838. The fourth-order valence-electron chi connectivity index (χ4n) is 1.76. The number of benzene rings is 2. The molecule has 2 N–H and O–H groups in total. The molecular formula is C13H9Cl3FN. The minimum atomic E-state index is -0.371. The second-order valence-corrected chi connectivity index (χ2v) is 5.00. The highest BCUT2D eigenvalue weighted by Crippen LogP contribution is 2.38. The third-order valence-electron chi connectivity index (χ3n) is 2.57. The smallest absolute Gasteiger partial charge is 0.123 e. The van der Waals surface area contributed by atoms with E-state index in [1.165, 1.54) is 12.1 Å². The number of rotatable bonds is 2. The van der Waals surface area contributed by atoms with Gasteiger partial charge in [-0.05, 0) is 35.4 Å². The molecule has 0 saturated carbocycles. The molecule has 2 aromatic carbocycles. The summed E-state index contributed by atoms with van der Waals surface area (Å²) in [5, 5.41) is 1.17. The van der Waals surface area contributed by atoms with Crippen LogP contribution in [0.25, 0.3) is 11.1 Å². The minimum absolute atomic E-state index is 0.269. The molecule has 0 heterocycles. The average Bonchev–Trinajstić information content (AvgIpc) is 2.28. The monoisotopic (exact) mass is 303 g/mol. The van der Waals surface area contributed by atoms with E-state index in [0.29, 0.717) is 26.2 Å². The highest BCUT2D eigenvalue weighted by molar-refractivity contribution is 6.41. The van der Waals surface area contributed by atoms with Crippen molar-refractivity contribution in [3.8, 4) is 11.1 Å². The lowest BCUT2D eigenvalue weighted by Crippen LogP contribution is -2.00. The molecule has 2 rings (SSSR count). The molecule has 0 bridgehead atoms. The molecule has 2 aromatic rings. The van der Waals surface area contributed by atoms with E-state index in [4.69, 9.17) is 40.5 Å². The van der Waals surface area contributed by atoms with Gasteiger partial charge in [0.15, 0.2) is 0 Å². The summed E-state index contributed by atoms with van der Waals surface area (Å²) in [5.41, 5.74) is 7.53. The van der Waals surface area contributed by atoms with Gasteiger partial charge in [0.2, 0.25) is 0 Å². The Balaban J connectivity index is 2.72. The molecule has 0 aliphatic carbocycles. The molecule has 0 aromatic heterocycles. The van der Waals surface area contributed by atoms with Crippen molar-refractivity contribution in [2.24, 2.45) is 5.73 Å². The van der Waals surface area contributed by atoms with Gasteiger partial charge in [-0.25, -0.2) is 4.39 Å². The lowest BCUT2D eigenvalue weighted by atomic mass is 9.99. The Labute approximate surface area is 119 Å². The Morgan fingerprint density at radius 2 is 1.61 bits per heavy atom. The van der Waals surface area contributed by atoms with Crippen LogP contribution in [0.3, 0.4) is 0 Å². The highest BCUT2D eigenvalue weighted by Gasteiger charge is 2.14. The van der Waals surface area contributed by atoms with Crippen molar-refractivity contribution in [1.82, 2.24) is 0 Å². The predicted molar refractivity (Wildman–Crippen MR) is 74.8 cm³/mol. The molecule has 0 atom stereocenters. The van der Waals surface area contributed by atoms with Crippen LogP contribution in [0.5, 0.6) is 0 Å². The molecule has 1 nitrogen and oxygen atoms in total. The molecule has 0 saturated heterocycles. The number of halogens is 4. The van der Waals surface area contributed by atoms with Crippen LogP contribution >= 0.6 is 34.8 Å². The zero-order valence-corrected chi connectivity index (χ0v) is 11.5. The van der Waals surface area contributed by atoms with Crippen LogP contribution in [0.15, 0.2) is 30.3 Å². The van der Waals surface area contributed by atoms with Crippen LogP contribution in [0.1, 0.15) is 5.56 Å². The van der Waals surface area contributed by atoms with Crippen molar-refractivity contribution in [1.29, 1.82) is 0 Å². The maximum Gasteiger partial charge on any atom is 0.123 e. The summed E-state index contributed by atoms with van der Waals surface area (Å²) < 4.78 is 13.4. The van der Waals surface area contributed by atoms with Gasteiger partial charge in [0.25, 0.3) is 0 Å². The van der Waals surface area contributed by atoms with Gasteiger partial charge in [-0.15, -0.1) is 0 Å². The third-order valence-corrected chi connectivity index (χ3v) is 3.38. The second-order valence-electron chi connectivity index (χ2n) is 3.75. The first-order valence-corrected chi connectivity index (χ1v) is 6.29. The Bertz CT molecular complexity index is 576. The van der Waals surface area contributed by atoms with Crippen LogP contribution in [-0.4, -0.2) is 0 Å². The summed E-state index contributed by atoms with van der Waals surface area (Å²) in [6, 6.07) is 7.46. The van der Waals surface area contributed by atoms with Gasteiger partial charge in [-0.2, -0.15) is 0 Å². The maximum absolute atomic E-state index is 13.4. The summed E-state index contributed by atoms with van der Waals surface area (Å²) in [5.74, 6) is -0.371. The van der Waals surface area contributed by atoms with Gasteiger partial charge < -0.3 is 5.73 Å². The predicted octanol–water partition coefficient (Wildman–Crippen LogP) is 4.91. The number of hydrogen-bond donors (Lipinski definition) is 1. The fraction of sp³-hybridized carbons (Fsp3) is 0.0769. The molecule has 0 unspecified atom stereocenters. The zero-order chi connectivity index (χ0) is 13.3. The second kappa shape index (κ2) is 5.45. The maximum atomic E-state index is 13.4. The third kappa shape index (κ3) is 2.62. The first-order valence-electron chi connectivity index (χ1n) is 5.16. The van der Waals surface area contributed by atoms with Crippen molar-refractivity contribution in [2.75, 3.05) is 0 Å². The standard InChI is InChI=1S/C13H9Cl3FN/c14-8-3-11(15)13(12(16)4-8)10-5-9(17)2-1-7(10)6-18/h1-5H,6,18H2. The summed E-state index contributed by atoms with van der Waals surface area (Å²) in [7, 11) is 0. The molecule has 0 amide bonds. The molecule has 0 spiro atoms. The van der Waals surface area contributed by atoms with E-state index in [1.54, 1.807) is 18.2 Å². The Morgan fingerprint density at radius 1 is 1.00 bits per heavy atom. The molecule has 0 radical (unpaired) electrons. The Morgan fingerprint density at radius 3 is 2.17 bits per heavy atom. The Hall–Kier alpha value is -0.800. The number of nitrogens with two attached hydrogens (primary N) is 1. The minimum Gasteiger partial charge on any atom is -0.326 e. The van der Waals surface area contributed by atoms with E-state index >= 15 is 0 Å². The SMILES string of the molecule is NCc1ccc(F)cc1-c1c(Cl)cc(Cl)cc1Cl. The van der Waals surface area contributed by atoms with Crippen molar-refractivity contribution < 1.29 is 4.39 Å². The van der Waals surface area contributed by atoms with E-state index in [9.17, 15) is 4.39 Å². The fourth-order valence-corrected chi connectivity index (χ4v) is 2.78. The molecule has 94 valence electrons. The van der Waals surface area contributed by atoms with Gasteiger partial charge >= 0.3 is 0 Å². The van der Waals surface area contributed by atoms with E-state index in [0.717, 1.165) is 5.56 Å².